The molecule has 0 unspecified atom stereocenters. The fourth-order valence-electron chi connectivity index (χ4n) is 1.15. The Bertz CT molecular complexity index is 415. The van der Waals surface area contributed by atoms with Crippen LogP contribution >= 0.6 is 15.9 Å². The third-order valence-corrected chi connectivity index (χ3v) is 2.52. The first kappa shape index (κ1) is 9.21. The van der Waals surface area contributed by atoms with Crippen LogP contribution in [-0.2, 0) is 0 Å². The lowest BCUT2D eigenvalue weighted by atomic mass is 10.3. The highest BCUT2D eigenvalue weighted by molar-refractivity contribution is 9.10. The van der Waals surface area contributed by atoms with Crippen LogP contribution in [0.1, 0.15) is 0 Å². The first-order chi connectivity index (χ1) is 6.86. The van der Waals surface area contributed by atoms with Gasteiger partial charge in [-0.15, -0.1) is 0 Å². The van der Waals surface area contributed by atoms with Crippen LogP contribution in [-0.4, -0.2) is 4.98 Å². The van der Waals surface area contributed by atoms with E-state index in [1.54, 1.807) is 12.4 Å². The Morgan fingerprint density at radius 2 is 1.71 bits per heavy atom. The Kier molecular flexibility index (Phi) is 2.79. The summed E-state index contributed by atoms with van der Waals surface area (Å²) in [7, 11) is 0. The second-order valence-corrected chi connectivity index (χ2v) is 3.70. The molecule has 3 heteroatoms. The Labute approximate surface area is 91.1 Å². The van der Waals surface area contributed by atoms with Crippen molar-refractivity contribution in [3.8, 4) is 0 Å². The maximum absolute atomic E-state index is 3.96. The number of rotatable bonds is 2. The van der Waals surface area contributed by atoms with E-state index in [-0.39, 0.29) is 0 Å². The number of benzene rings is 1. The number of hydrogen-bond donors (Lipinski definition) is 1. The highest BCUT2D eigenvalue weighted by atomic mass is 79.9. The minimum absolute atomic E-state index is 1.03. The SMILES string of the molecule is Brc1ccccc1Nc1ccncc1. The molecule has 14 heavy (non-hydrogen) atoms. The van der Waals surface area contributed by atoms with Gasteiger partial charge in [-0.2, -0.15) is 0 Å². The zero-order valence-corrected chi connectivity index (χ0v) is 9.03. The van der Waals surface area contributed by atoms with E-state index < -0.39 is 0 Å². The van der Waals surface area contributed by atoms with E-state index in [9.17, 15) is 0 Å². The van der Waals surface area contributed by atoms with Crippen molar-refractivity contribution >= 4 is 27.3 Å². The standard InChI is InChI=1S/C11H9BrN2/c12-10-3-1-2-4-11(10)14-9-5-7-13-8-6-9/h1-8H,(H,13,14). The highest BCUT2D eigenvalue weighted by Gasteiger charge is 1.97. The predicted molar refractivity (Wildman–Crippen MR) is 61.7 cm³/mol. The number of aromatic nitrogens is 1. The van der Waals surface area contributed by atoms with E-state index in [1.165, 1.54) is 0 Å². The molecule has 1 aromatic carbocycles. The molecule has 0 aliphatic heterocycles. The summed E-state index contributed by atoms with van der Waals surface area (Å²) >= 11 is 3.48. The summed E-state index contributed by atoms with van der Waals surface area (Å²) < 4.78 is 1.05. The fraction of sp³-hybridized carbons (Fsp3) is 0. The molecule has 0 amide bonds. The number of hydrogen-bond acceptors (Lipinski definition) is 2. The molecule has 0 spiro atoms. The average molecular weight is 249 g/mol. The lowest BCUT2D eigenvalue weighted by Gasteiger charge is -2.07. The van der Waals surface area contributed by atoms with Gasteiger partial charge >= 0.3 is 0 Å². The largest absolute Gasteiger partial charge is 0.355 e. The van der Waals surface area contributed by atoms with Crippen molar-refractivity contribution in [1.29, 1.82) is 0 Å². The number of para-hydroxylation sites is 1. The van der Waals surface area contributed by atoms with Crippen molar-refractivity contribution in [1.82, 2.24) is 4.98 Å². The molecule has 0 aliphatic rings. The van der Waals surface area contributed by atoms with Gasteiger partial charge in [0.05, 0.1) is 5.69 Å². The molecule has 2 aromatic rings. The van der Waals surface area contributed by atoms with Gasteiger partial charge in [0.2, 0.25) is 0 Å². The monoisotopic (exact) mass is 248 g/mol. The van der Waals surface area contributed by atoms with Gasteiger partial charge in [-0.1, -0.05) is 12.1 Å². The van der Waals surface area contributed by atoms with Gasteiger partial charge in [0, 0.05) is 22.6 Å². The van der Waals surface area contributed by atoms with Crippen molar-refractivity contribution in [2.45, 2.75) is 0 Å². The van der Waals surface area contributed by atoms with Gasteiger partial charge in [0.1, 0.15) is 0 Å². The van der Waals surface area contributed by atoms with Crippen LogP contribution in [0.15, 0.2) is 53.3 Å². The number of pyridine rings is 1. The van der Waals surface area contributed by atoms with Crippen LogP contribution in [0, 0.1) is 0 Å². The maximum Gasteiger partial charge on any atom is 0.0528 e. The molecule has 0 fully saturated rings. The van der Waals surface area contributed by atoms with Gasteiger partial charge in [-0.25, -0.2) is 0 Å². The zero-order valence-electron chi connectivity index (χ0n) is 7.44. The third-order valence-electron chi connectivity index (χ3n) is 1.83. The number of anilines is 2. The second-order valence-electron chi connectivity index (χ2n) is 2.84. The third kappa shape index (κ3) is 2.12. The second kappa shape index (κ2) is 4.24. The first-order valence-electron chi connectivity index (χ1n) is 4.28. The smallest absolute Gasteiger partial charge is 0.0528 e. The van der Waals surface area contributed by atoms with E-state index >= 15 is 0 Å². The molecule has 0 saturated heterocycles. The molecule has 0 aliphatic carbocycles. The van der Waals surface area contributed by atoms with Gasteiger partial charge in [-0.3, -0.25) is 4.98 Å². The normalized spacial score (nSPS) is 9.79. The van der Waals surface area contributed by atoms with Crippen molar-refractivity contribution < 1.29 is 0 Å². The molecule has 0 saturated carbocycles. The minimum atomic E-state index is 1.03. The summed E-state index contributed by atoms with van der Waals surface area (Å²) in [6.07, 6.45) is 3.53. The molecular weight excluding hydrogens is 240 g/mol. The topological polar surface area (TPSA) is 24.9 Å². The van der Waals surface area contributed by atoms with Crippen LogP contribution in [0.25, 0.3) is 0 Å². The Morgan fingerprint density at radius 1 is 1.00 bits per heavy atom. The van der Waals surface area contributed by atoms with E-state index in [2.05, 4.69) is 26.2 Å². The molecule has 1 N–H and O–H groups in total. The number of nitrogens with zero attached hydrogens (tertiary/aromatic N) is 1. The lowest BCUT2D eigenvalue weighted by Crippen LogP contribution is -1.90. The highest BCUT2D eigenvalue weighted by Crippen LogP contribution is 2.24. The summed E-state index contributed by atoms with van der Waals surface area (Å²) in [4.78, 5) is 3.96. The van der Waals surface area contributed by atoms with Crippen LogP contribution in [0.5, 0.6) is 0 Å². The van der Waals surface area contributed by atoms with Crippen LogP contribution in [0.3, 0.4) is 0 Å². The Hall–Kier alpha value is -1.35. The summed E-state index contributed by atoms with van der Waals surface area (Å²) in [5, 5.41) is 3.29. The molecule has 0 bridgehead atoms. The van der Waals surface area contributed by atoms with Crippen LogP contribution < -0.4 is 5.32 Å². The molecule has 1 heterocycles. The number of nitrogens with one attached hydrogen (secondary N) is 1. The predicted octanol–water partition coefficient (Wildman–Crippen LogP) is 3.59. The average Bonchev–Trinajstić information content (AvgIpc) is 2.23. The van der Waals surface area contributed by atoms with Gasteiger partial charge in [0.25, 0.3) is 0 Å². The molecule has 2 rings (SSSR count). The Morgan fingerprint density at radius 3 is 2.43 bits per heavy atom. The summed E-state index contributed by atoms with van der Waals surface area (Å²) in [6.45, 7) is 0. The molecule has 2 nitrogen and oxygen atoms in total. The molecule has 1 aromatic heterocycles. The van der Waals surface area contributed by atoms with Crippen molar-refractivity contribution in [2.75, 3.05) is 5.32 Å². The molecule has 0 atom stereocenters. The summed E-state index contributed by atoms with van der Waals surface area (Å²) in [6, 6.07) is 11.9. The fourth-order valence-corrected chi connectivity index (χ4v) is 1.54. The van der Waals surface area contributed by atoms with E-state index in [4.69, 9.17) is 0 Å². The number of halogens is 1. The van der Waals surface area contributed by atoms with Crippen LogP contribution in [0.2, 0.25) is 0 Å². The maximum atomic E-state index is 3.96. The Balaban J connectivity index is 2.24. The van der Waals surface area contributed by atoms with E-state index in [0.717, 1.165) is 15.8 Å². The van der Waals surface area contributed by atoms with E-state index in [1.807, 2.05) is 36.4 Å². The van der Waals surface area contributed by atoms with Crippen molar-refractivity contribution in [2.24, 2.45) is 0 Å². The molecule has 0 radical (unpaired) electrons. The minimum Gasteiger partial charge on any atom is -0.355 e. The molecule has 70 valence electrons. The van der Waals surface area contributed by atoms with Gasteiger partial charge in [0.15, 0.2) is 0 Å². The lowest BCUT2D eigenvalue weighted by molar-refractivity contribution is 1.32. The van der Waals surface area contributed by atoms with Gasteiger partial charge < -0.3 is 5.32 Å². The van der Waals surface area contributed by atoms with Gasteiger partial charge in [-0.05, 0) is 40.2 Å². The summed E-state index contributed by atoms with van der Waals surface area (Å²) in [5.74, 6) is 0. The quantitative estimate of drug-likeness (QED) is 0.879. The zero-order chi connectivity index (χ0) is 9.80. The van der Waals surface area contributed by atoms with Crippen molar-refractivity contribution in [3.05, 3.63) is 53.3 Å². The van der Waals surface area contributed by atoms with Crippen LogP contribution in [0.4, 0.5) is 11.4 Å². The van der Waals surface area contributed by atoms with E-state index in [0.29, 0.717) is 0 Å². The first-order valence-corrected chi connectivity index (χ1v) is 5.07. The van der Waals surface area contributed by atoms with Crippen molar-refractivity contribution in [3.63, 3.8) is 0 Å². The summed E-state index contributed by atoms with van der Waals surface area (Å²) in [5.41, 5.74) is 2.09. The molecular formula is C11H9BrN2.